The molecule has 1 saturated carbocycles. The average molecular weight is 477 g/mol. The summed E-state index contributed by atoms with van der Waals surface area (Å²) in [5.41, 5.74) is 7.05. The maximum atomic E-state index is 3.68. The number of allylic oxidation sites excluding steroid dienone is 4. The molecule has 3 aliphatic rings. The molecular formula is C33H52N2. The Balaban J connectivity index is 1.40. The molecule has 3 aliphatic carbocycles. The Morgan fingerprint density at radius 3 is 2.46 bits per heavy atom. The smallest absolute Gasteiger partial charge is 0.0107 e. The minimum Gasteiger partial charge on any atom is -0.313 e. The van der Waals surface area contributed by atoms with Crippen molar-refractivity contribution in [3.05, 3.63) is 58.7 Å². The van der Waals surface area contributed by atoms with E-state index in [1.165, 1.54) is 83.7 Å². The normalized spacial score (nSPS) is 21.5. The molecule has 0 aliphatic heterocycles. The molecule has 35 heavy (non-hydrogen) atoms. The molecule has 2 unspecified atom stereocenters. The third kappa shape index (κ3) is 7.32. The number of rotatable bonds is 13. The van der Waals surface area contributed by atoms with Crippen molar-refractivity contribution in [1.82, 2.24) is 10.2 Å². The maximum Gasteiger partial charge on any atom is 0.0107 e. The Labute approximate surface area is 216 Å². The summed E-state index contributed by atoms with van der Waals surface area (Å²) >= 11 is 0. The number of nitrogens with zero attached hydrogens (tertiary/aromatic N) is 1. The molecule has 1 N–H and O–H groups in total. The molecule has 0 radical (unpaired) electrons. The lowest BCUT2D eigenvalue weighted by molar-refractivity contribution is 0.186. The molecule has 0 spiro atoms. The second-order valence-electron chi connectivity index (χ2n) is 12.5. The van der Waals surface area contributed by atoms with Crippen molar-refractivity contribution in [3.63, 3.8) is 0 Å². The zero-order chi connectivity index (χ0) is 24.7. The Bertz CT molecular complexity index is 845. The fraction of sp³-hybridized carbons (Fsp3) is 0.697. The van der Waals surface area contributed by atoms with Crippen molar-refractivity contribution >= 4 is 0 Å². The number of hydrogen-bond donors (Lipinski definition) is 1. The van der Waals surface area contributed by atoms with E-state index in [4.69, 9.17) is 0 Å². The van der Waals surface area contributed by atoms with Crippen LogP contribution in [0.4, 0.5) is 0 Å². The Hall–Kier alpha value is -1.38. The van der Waals surface area contributed by atoms with Crippen molar-refractivity contribution in [3.8, 4) is 0 Å². The fourth-order valence-electron chi connectivity index (χ4n) is 7.20. The molecule has 4 rings (SSSR count). The zero-order valence-electron chi connectivity index (χ0n) is 23.2. The van der Waals surface area contributed by atoms with E-state index in [2.05, 4.69) is 74.3 Å². The molecule has 0 aromatic heterocycles. The molecule has 1 fully saturated rings. The van der Waals surface area contributed by atoms with Gasteiger partial charge in [-0.05, 0) is 92.7 Å². The summed E-state index contributed by atoms with van der Waals surface area (Å²) in [4.78, 5) is 2.79. The van der Waals surface area contributed by atoms with Gasteiger partial charge in [-0.25, -0.2) is 0 Å². The van der Waals surface area contributed by atoms with Crippen LogP contribution in [0.3, 0.4) is 0 Å². The first kappa shape index (κ1) is 26.7. The topological polar surface area (TPSA) is 15.3 Å². The first-order chi connectivity index (χ1) is 16.9. The molecular weight excluding hydrogens is 424 g/mol. The molecule has 1 aromatic carbocycles. The molecule has 0 saturated heterocycles. The average Bonchev–Trinajstić information content (AvgIpc) is 3.55. The highest BCUT2D eigenvalue weighted by molar-refractivity contribution is 5.36. The largest absolute Gasteiger partial charge is 0.313 e. The van der Waals surface area contributed by atoms with Crippen LogP contribution in [0.15, 0.2) is 53.1 Å². The first-order valence-electron chi connectivity index (χ1n) is 14.9. The van der Waals surface area contributed by atoms with Gasteiger partial charge < -0.3 is 10.2 Å². The highest BCUT2D eigenvalue weighted by Crippen LogP contribution is 2.44. The lowest BCUT2D eigenvalue weighted by atomic mass is 9.68. The summed E-state index contributed by atoms with van der Waals surface area (Å²) in [6, 6.07) is 12.0. The summed E-state index contributed by atoms with van der Waals surface area (Å²) < 4.78 is 0. The highest BCUT2D eigenvalue weighted by Gasteiger charge is 2.37. The van der Waals surface area contributed by atoms with Crippen LogP contribution in [0.25, 0.3) is 0 Å². The first-order valence-corrected chi connectivity index (χ1v) is 14.9. The quantitative estimate of drug-likeness (QED) is 0.310. The third-order valence-electron chi connectivity index (χ3n) is 9.30. The van der Waals surface area contributed by atoms with Crippen LogP contribution in [0.1, 0.15) is 104 Å². The van der Waals surface area contributed by atoms with E-state index in [1.807, 2.05) is 0 Å². The molecule has 0 amide bonds. The summed E-state index contributed by atoms with van der Waals surface area (Å²) in [6.45, 7) is 14.3. The monoisotopic (exact) mass is 476 g/mol. The van der Waals surface area contributed by atoms with Crippen LogP contribution >= 0.6 is 0 Å². The molecule has 1 aromatic rings. The summed E-state index contributed by atoms with van der Waals surface area (Å²) in [7, 11) is 0. The van der Waals surface area contributed by atoms with Crippen LogP contribution in [0, 0.1) is 11.8 Å². The van der Waals surface area contributed by atoms with Crippen LogP contribution in [0.2, 0.25) is 0 Å². The Morgan fingerprint density at radius 2 is 1.71 bits per heavy atom. The molecule has 2 heteroatoms. The van der Waals surface area contributed by atoms with Crippen LogP contribution in [-0.2, 0) is 5.41 Å². The Kier molecular flexibility index (Phi) is 9.70. The minimum absolute atomic E-state index is 0.294. The second kappa shape index (κ2) is 12.7. The number of benzene rings is 1. The van der Waals surface area contributed by atoms with Crippen LogP contribution < -0.4 is 5.32 Å². The van der Waals surface area contributed by atoms with E-state index in [-0.39, 0.29) is 0 Å². The fourth-order valence-corrected chi connectivity index (χ4v) is 7.20. The van der Waals surface area contributed by atoms with E-state index in [0.717, 1.165) is 24.9 Å². The van der Waals surface area contributed by atoms with E-state index >= 15 is 0 Å². The van der Waals surface area contributed by atoms with Crippen LogP contribution in [0.5, 0.6) is 0 Å². The van der Waals surface area contributed by atoms with Gasteiger partial charge in [0.1, 0.15) is 0 Å². The number of nitrogens with one attached hydrogen (secondary N) is 1. The summed E-state index contributed by atoms with van der Waals surface area (Å²) in [5.74, 6) is 1.55. The predicted octanol–water partition coefficient (Wildman–Crippen LogP) is 8.05. The van der Waals surface area contributed by atoms with Crippen LogP contribution in [-0.4, -0.2) is 37.1 Å². The summed E-state index contributed by atoms with van der Waals surface area (Å²) in [6.07, 6.45) is 17.5. The van der Waals surface area contributed by atoms with Gasteiger partial charge in [-0.3, -0.25) is 0 Å². The van der Waals surface area contributed by atoms with Gasteiger partial charge in [0.05, 0.1) is 0 Å². The van der Waals surface area contributed by atoms with Gasteiger partial charge in [0.25, 0.3) is 0 Å². The molecule has 2 atom stereocenters. The van der Waals surface area contributed by atoms with Gasteiger partial charge in [0.15, 0.2) is 0 Å². The van der Waals surface area contributed by atoms with E-state index in [1.54, 1.807) is 22.3 Å². The lowest BCUT2D eigenvalue weighted by Gasteiger charge is -2.39. The third-order valence-corrected chi connectivity index (χ3v) is 9.30. The SMILES string of the molecule is CC(CC1=CC2=C(CCC2)CC1)CN(CCNC(C)C)CCC(C)(c1ccccc1)C1CCCC1. The highest BCUT2D eigenvalue weighted by atomic mass is 15.1. The molecule has 194 valence electrons. The van der Waals surface area contributed by atoms with Crippen molar-refractivity contribution in [2.45, 2.75) is 110 Å². The van der Waals surface area contributed by atoms with E-state index in [9.17, 15) is 0 Å². The van der Waals surface area contributed by atoms with Crippen molar-refractivity contribution < 1.29 is 0 Å². The second-order valence-corrected chi connectivity index (χ2v) is 12.5. The van der Waals surface area contributed by atoms with Gasteiger partial charge >= 0.3 is 0 Å². The van der Waals surface area contributed by atoms with Gasteiger partial charge in [-0.2, -0.15) is 0 Å². The van der Waals surface area contributed by atoms with Gasteiger partial charge in [-0.1, -0.05) is 88.1 Å². The summed E-state index contributed by atoms with van der Waals surface area (Å²) in [5, 5.41) is 3.68. The standard InChI is InChI=1S/C33H52N2/c1-26(2)34-20-22-35(25-27(3)23-28-17-18-29-11-10-12-30(29)24-28)21-19-33(4,32-15-8-9-16-32)31-13-6-5-7-14-31/h5-7,13-14,24,26-27,32,34H,8-12,15-23,25H2,1-4H3. The van der Waals surface area contributed by atoms with E-state index in [0.29, 0.717) is 11.5 Å². The van der Waals surface area contributed by atoms with Crippen molar-refractivity contribution in [2.75, 3.05) is 26.2 Å². The Morgan fingerprint density at radius 1 is 0.943 bits per heavy atom. The van der Waals surface area contributed by atoms with Gasteiger partial charge in [0, 0.05) is 25.7 Å². The molecule has 2 nitrogen and oxygen atoms in total. The van der Waals surface area contributed by atoms with Gasteiger partial charge in [0.2, 0.25) is 0 Å². The van der Waals surface area contributed by atoms with Crippen molar-refractivity contribution in [2.24, 2.45) is 11.8 Å². The predicted molar refractivity (Wildman–Crippen MR) is 152 cm³/mol. The molecule has 0 bridgehead atoms. The van der Waals surface area contributed by atoms with Gasteiger partial charge in [-0.15, -0.1) is 0 Å². The molecule has 0 heterocycles. The van der Waals surface area contributed by atoms with Crippen molar-refractivity contribution in [1.29, 1.82) is 0 Å². The zero-order valence-corrected chi connectivity index (χ0v) is 23.2. The lowest BCUT2D eigenvalue weighted by Crippen LogP contribution is -2.41. The number of hydrogen-bond acceptors (Lipinski definition) is 2. The maximum absolute atomic E-state index is 3.68. The minimum atomic E-state index is 0.294. The van der Waals surface area contributed by atoms with E-state index < -0.39 is 0 Å².